The summed E-state index contributed by atoms with van der Waals surface area (Å²) in [5.74, 6) is -0.398. The van der Waals surface area contributed by atoms with E-state index in [-0.39, 0.29) is 17.3 Å². The molecule has 0 bridgehead atoms. The summed E-state index contributed by atoms with van der Waals surface area (Å²) in [5.41, 5.74) is 1.31. The van der Waals surface area contributed by atoms with Gasteiger partial charge in [-0.05, 0) is 42.8 Å². The van der Waals surface area contributed by atoms with E-state index >= 15 is 0 Å². The van der Waals surface area contributed by atoms with Gasteiger partial charge in [-0.15, -0.1) is 11.8 Å². The molecule has 0 aromatic heterocycles. The molecule has 20 heavy (non-hydrogen) atoms. The van der Waals surface area contributed by atoms with Gasteiger partial charge in [-0.2, -0.15) is 0 Å². The van der Waals surface area contributed by atoms with Crippen molar-refractivity contribution in [1.82, 2.24) is 0 Å². The van der Waals surface area contributed by atoms with E-state index in [1.165, 1.54) is 17.8 Å². The van der Waals surface area contributed by atoms with Gasteiger partial charge < -0.3 is 5.32 Å². The molecule has 1 N–H and O–H groups in total. The van der Waals surface area contributed by atoms with Gasteiger partial charge in [0.15, 0.2) is 0 Å². The Morgan fingerprint density at radius 3 is 2.75 bits per heavy atom. The topological polar surface area (TPSA) is 29.1 Å². The number of anilines is 1. The number of carbonyl (C=O) groups excluding carboxylic acids is 1. The van der Waals surface area contributed by atoms with Crippen LogP contribution in [0.15, 0.2) is 51.8 Å². The summed E-state index contributed by atoms with van der Waals surface area (Å²) in [7, 11) is 0. The van der Waals surface area contributed by atoms with E-state index in [1.54, 1.807) is 18.2 Å². The minimum atomic E-state index is -0.425. The van der Waals surface area contributed by atoms with Gasteiger partial charge in [-0.3, -0.25) is 4.79 Å². The third-order valence-electron chi connectivity index (χ3n) is 2.64. The van der Waals surface area contributed by atoms with Gasteiger partial charge in [0.05, 0.1) is 11.4 Å². The number of rotatable bonds is 4. The lowest BCUT2D eigenvalue weighted by Crippen LogP contribution is -2.15. The number of halogens is 2. The van der Waals surface area contributed by atoms with Crippen LogP contribution in [0.3, 0.4) is 0 Å². The molecule has 0 fully saturated rings. The third kappa shape index (κ3) is 4.08. The molecule has 0 saturated carbocycles. The normalized spacial score (nSPS) is 10.3. The van der Waals surface area contributed by atoms with Crippen molar-refractivity contribution in [2.45, 2.75) is 11.8 Å². The molecule has 1 amide bonds. The van der Waals surface area contributed by atoms with Gasteiger partial charge in [0.1, 0.15) is 5.82 Å². The highest BCUT2D eigenvalue weighted by Gasteiger charge is 2.08. The number of carbonyl (C=O) groups is 1. The molecule has 0 spiro atoms. The SMILES string of the molecule is Cc1cc(Br)ccc1SCC(=O)Nc1ccccc1F. The lowest BCUT2D eigenvalue weighted by atomic mass is 10.2. The zero-order valence-corrected chi connectivity index (χ0v) is 13.2. The summed E-state index contributed by atoms with van der Waals surface area (Å²) in [5, 5.41) is 2.57. The molecule has 0 saturated heterocycles. The fourth-order valence-corrected chi connectivity index (χ4v) is 2.95. The highest BCUT2D eigenvalue weighted by atomic mass is 79.9. The fraction of sp³-hybridized carbons (Fsp3) is 0.133. The number of thioether (sulfide) groups is 1. The smallest absolute Gasteiger partial charge is 0.234 e. The molecule has 2 rings (SSSR count). The van der Waals surface area contributed by atoms with Crippen molar-refractivity contribution in [3.8, 4) is 0 Å². The van der Waals surface area contributed by atoms with Gasteiger partial charge >= 0.3 is 0 Å². The minimum absolute atomic E-state index is 0.214. The maximum Gasteiger partial charge on any atom is 0.234 e. The summed E-state index contributed by atoms with van der Waals surface area (Å²) in [6, 6.07) is 12.0. The van der Waals surface area contributed by atoms with Crippen LogP contribution < -0.4 is 5.32 Å². The third-order valence-corrected chi connectivity index (χ3v) is 4.31. The second-order valence-corrected chi connectivity index (χ2v) is 6.16. The van der Waals surface area contributed by atoms with Crippen LogP contribution >= 0.6 is 27.7 Å². The minimum Gasteiger partial charge on any atom is -0.323 e. The number of aryl methyl sites for hydroxylation is 1. The van der Waals surface area contributed by atoms with E-state index in [1.807, 2.05) is 25.1 Å². The number of hydrogen-bond acceptors (Lipinski definition) is 2. The average molecular weight is 354 g/mol. The molecule has 0 aliphatic rings. The Morgan fingerprint density at radius 1 is 1.30 bits per heavy atom. The van der Waals surface area contributed by atoms with Crippen LogP contribution in [0.1, 0.15) is 5.56 Å². The average Bonchev–Trinajstić information content (AvgIpc) is 2.40. The van der Waals surface area contributed by atoms with Crippen molar-refractivity contribution < 1.29 is 9.18 Å². The molecule has 0 aliphatic carbocycles. The standard InChI is InChI=1S/C15H13BrFNOS/c1-10-8-11(16)6-7-14(10)20-9-15(19)18-13-5-3-2-4-12(13)17/h2-8H,9H2,1H3,(H,18,19). The van der Waals surface area contributed by atoms with Crippen LogP contribution in [0.2, 0.25) is 0 Å². The largest absolute Gasteiger partial charge is 0.323 e. The first-order valence-corrected chi connectivity index (χ1v) is 7.77. The number of hydrogen-bond donors (Lipinski definition) is 1. The summed E-state index contributed by atoms with van der Waals surface area (Å²) < 4.78 is 14.4. The van der Waals surface area contributed by atoms with E-state index in [9.17, 15) is 9.18 Å². The Morgan fingerprint density at radius 2 is 2.05 bits per heavy atom. The number of para-hydroxylation sites is 1. The number of nitrogens with one attached hydrogen (secondary N) is 1. The van der Waals surface area contributed by atoms with Crippen molar-refractivity contribution in [3.05, 3.63) is 58.3 Å². The summed E-state index contributed by atoms with van der Waals surface area (Å²) in [4.78, 5) is 12.8. The first kappa shape index (κ1) is 15.1. The molecule has 0 radical (unpaired) electrons. The second kappa shape index (κ2) is 6.90. The van der Waals surface area contributed by atoms with Gasteiger partial charge in [-0.1, -0.05) is 28.1 Å². The molecular formula is C15H13BrFNOS. The first-order valence-electron chi connectivity index (χ1n) is 5.99. The summed E-state index contributed by atoms with van der Waals surface area (Å²) in [6.45, 7) is 1.99. The van der Waals surface area contributed by atoms with Crippen LogP contribution in [-0.2, 0) is 4.79 Å². The van der Waals surface area contributed by atoms with E-state index in [4.69, 9.17) is 0 Å². The summed E-state index contributed by atoms with van der Waals surface area (Å²) >= 11 is 4.83. The summed E-state index contributed by atoms with van der Waals surface area (Å²) in [6.07, 6.45) is 0. The lowest BCUT2D eigenvalue weighted by Gasteiger charge is -2.08. The predicted octanol–water partition coefficient (Wildman–Crippen LogP) is 4.63. The molecule has 0 aliphatic heterocycles. The van der Waals surface area contributed by atoms with Gasteiger partial charge in [0.2, 0.25) is 5.91 Å². The Hall–Kier alpha value is -1.33. The number of amides is 1. The fourth-order valence-electron chi connectivity index (χ4n) is 1.67. The monoisotopic (exact) mass is 353 g/mol. The molecular weight excluding hydrogens is 341 g/mol. The number of benzene rings is 2. The first-order chi connectivity index (χ1) is 9.56. The van der Waals surface area contributed by atoms with E-state index in [0.717, 1.165) is 14.9 Å². The van der Waals surface area contributed by atoms with E-state index in [0.29, 0.717) is 0 Å². The Kier molecular flexibility index (Phi) is 5.20. The van der Waals surface area contributed by atoms with Crippen LogP contribution in [0.25, 0.3) is 0 Å². The predicted molar refractivity (Wildman–Crippen MR) is 84.6 cm³/mol. The maximum absolute atomic E-state index is 13.4. The highest BCUT2D eigenvalue weighted by Crippen LogP contribution is 2.25. The Bertz CT molecular complexity index is 633. The highest BCUT2D eigenvalue weighted by molar-refractivity contribution is 9.10. The Labute approximate surface area is 129 Å². The van der Waals surface area contributed by atoms with E-state index < -0.39 is 5.82 Å². The molecule has 0 unspecified atom stereocenters. The Balaban J connectivity index is 1.94. The van der Waals surface area contributed by atoms with E-state index in [2.05, 4.69) is 21.2 Å². The van der Waals surface area contributed by atoms with Gasteiger partial charge in [-0.25, -0.2) is 4.39 Å². The van der Waals surface area contributed by atoms with Crippen molar-refractivity contribution in [2.24, 2.45) is 0 Å². The zero-order valence-electron chi connectivity index (χ0n) is 10.8. The van der Waals surface area contributed by atoms with Crippen molar-refractivity contribution in [2.75, 3.05) is 11.1 Å². The molecule has 2 nitrogen and oxygen atoms in total. The molecule has 2 aromatic rings. The molecule has 0 atom stereocenters. The molecule has 104 valence electrons. The maximum atomic E-state index is 13.4. The van der Waals surface area contributed by atoms with Crippen LogP contribution in [-0.4, -0.2) is 11.7 Å². The van der Waals surface area contributed by atoms with Crippen LogP contribution in [0.5, 0.6) is 0 Å². The van der Waals surface area contributed by atoms with Crippen molar-refractivity contribution in [1.29, 1.82) is 0 Å². The van der Waals surface area contributed by atoms with Crippen LogP contribution in [0, 0.1) is 12.7 Å². The van der Waals surface area contributed by atoms with Gasteiger partial charge in [0, 0.05) is 9.37 Å². The lowest BCUT2D eigenvalue weighted by molar-refractivity contribution is -0.113. The second-order valence-electron chi connectivity index (χ2n) is 4.23. The van der Waals surface area contributed by atoms with Crippen molar-refractivity contribution in [3.63, 3.8) is 0 Å². The van der Waals surface area contributed by atoms with Crippen LogP contribution in [0.4, 0.5) is 10.1 Å². The van der Waals surface area contributed by atoms with Crippen molar-refractivity contribution >= 4 is 39.3 Å². The molecule has 0 heterocycles. The van der Waals surface area contributed by atoms with Gasteiger partial charge in [0.25, 0.3) is 0 Å². The quantitative estimate of drug-likeness (QED) is 0.812. The molecule has 2 aromatic carbocycles. The zero-order chi connectivity index (χ0) is 14.5. The molecule has 5 heteroatoms.